The fraction of sp³-hybridized carbons (Fsp3) is 0.259. The van der Waals surface area contributed by atoms with Crippen LogP contribution in [0.5, 0.6) is 11.5 Å². The number of ether oxygens (including phenoxy) is 2. The number of phenolic OH excluding ortho intramolecular Hbond substituents is 1. The lowest BCUT2D eigenvalue weighted by Crippen LogP contribution is -2.38. The van der Waals surface area contributed by atoms with Crippen LogP contribution in [0.4, 0.5) is 0 Å². The molecule has 3 aromatic carbocycles. The van der Waals surface area contributed by atoms with Gasteiger partial charge in [-0.05, 0) is 30.3 Å². The number of benzene rings is 3. The molecule has 6 rings (SSSR count). The molecule has 1 aromatic heterocycles. The van der Waals surface area contributed by atoms with Gasteiger partial charge < -0.3 is 19.1 Å². The molecule has 0 spiro atoms. The summed E-state index contributed by atoms with van der Waals surface area (Å²) >= 11 is 0. The molecule has 35 heavy (non-hydrogen) atoms. The second-order valence-corrected chi connectivity index (χ2v) is 8.86. The molecule has 8 nitrogen and oxygen atoms in total. The third-order valence-electron chi connectivity index (χ3n) is 6.96. The van der Waals surface area contributed by atoms with Gasteiger partial charge in [-0.15, -0.1) is 0 Å². The van der Waals surface area contributed by atoms with Gasteiger partial charge >= 0.3 is 0 Å². The maximum atomic E-state index is 13.1. The second-order valence-electron chi connectivity index (χ2n) is 8.86. The minimum atomic E-state index is -0.429. The molecule has 2 amide bonds. The van der Waals surface area contributed by atoms with E-state index >= 15 is 0 Å². The molecule has 8 heteroatoms. The third-order valence-corrected chi connectivity index (χ3v) is 6.96. The van der Waals surface area contributed by atoms with Crippen molar-refractivity contribution in [2.24, 2.45) is 0 Å². The van der Waals surface area contributed by atoms with Crippen molar-refractivity contribution in [3.63, 3.8) is 0 Å². The topological polar surface area (TPSA) is 93.0 Å². The van der Waals surface area contributed by atoms with Gasteiger partial charge in [0.2, 0.25) is 0 Å². The van der Waals surface area contributed by atoms with Gasteiger partial charge in [0, 0.05) is 53.6 Å². The summed E-state index contributed by atoms with van der Waals surface area (Å²) in [7, 11) is 1.59. The monoisotopic (exact) mass is 471 g/mol. The van der Waals surface area contributed by atoms with Gasteiger partial charge in [0.15, 0.2) is 0 Å². The predicted molar refractivity (Wildman–Crippen MR) is 132 cm³/mol. The number of hydrogen-bond acceptors (Lipinski definition) is 6. The molecule has 1 saturated heterocycles. The molecule has 178 valence electrons. The van der Waals surface area contributed by atoms with Crippen molar-refractivity contribution in [1.82, 2.24) is 14.8 Å². The Kier molecular flexibility index (Phi) is 5.20. The van der Waals surface area contributed by atoms with E-state index in [1.165, 1.54) is 0 Å². The molecule has 2 aliphatic rings. The summed E-state index contributed by atoms with van der Waals surface area (Å²) in [6.45, 7) is 4.68. The standard InChI is InChI=1S/C27H25N3O5/c1-34-22-5-3-2-4-17(22)18-15-21-23(25-24(18)26(32)28-27(25)33)19-14-16(31)6-7-20(19)30(21)9-8-29-10-12-35-13-11-29/h2-7,14-15,31H,8-13H2,1H3,(H,28,32,33). The van der Waals surface area contributed by atoms with Gasteiger partial charge in [0.1, 0.15) is 11.5 Å². The maximum Gasteiger partial charge on any atom is 0.259 e. The number of nitrogens with zero attached hydrogens (tertiary/aromatic N) is 2. The fourth-order valence-electron chi connectivity index (χ4n) is 5.32. The minimum absolute atomic E-state index is 0.108. The summed E-state index contributed by atoms with van der Waals surface area (Å²) in [6.07, 6.45) is 0. The quantitative estimate of drug-likeness (QED) is 0.434. The number of aromatic nitrogens is 1. The summed E-state index contributed by atoms with van der Waals surface area (Å²) in [5, 5.41) is 14.2. The van der Waals surface area contributed by atoms with Gasteiger partial charge in [0.25, 0.3) is 11.8 Å². The molecule has 4 aromatic rings. The normalized spacial score (nSPS) is 16.1. The second kappa shape index (κ2) is 8.41. The Balaban J connectivity index is 1.65. The third kappa shape index (κ3) is 3.45. The predicted octanol–water partition coefficient (Wildman–Crippen LogP) is 3.39. The Morgan fingerprint density at radius 2 is 1.71 bits per heavy atom. The summed E-state index contributed by atoms with van der Waals surface area (Å²) in [5.41, 5.74) is 3.80. The van der Waals surface area contributed by atoms with E-state index in [1.54, 1.807) is 19.2 Å². The highest BCUT2D eigenvalue weighted by Crippen LogP contribution is 2.43. The van der Waals surface area contributed by atoms with E-state index in [1.807, 2.05) is 36.4 Å². The van der Waals surface area contributed by atoms with E-state index in [-0.39, 0.29) is 5.75 Å². The van der Waals surface area contributed by atoms with Gasteiger partial charge in [-0.1, -0.05) is 18.2 Å². The Labute approximate surface area is 201 Å². The molecule has 0 aliphatic carbocycles. The molecule has 2 aliphatic heterocycles. The highest BCUT2D eigenvalue weighted by molar-refractivity contribution is 6.32. The van der Waals surface area contributed by atoms with Crippen LogP contribution in [0.3, 0.4) is 0 Å². The van der Waals surface area contributed by atoms with Crippen molar-refractivity contribution in [2.75, 3.05) is 40.0 Å². The number of methoxy groups -OCH3 is 1. The smallest absolute Gasteiger partial charge is 0.259 e. The van der Waals surface area contributed by atoms with E-state index < -0.39 is 11.8 Å². The number of fused-ring (bicyclic) bond motifs is 5. The largest absolute Gasteiger partial charge is 0.508 e. The molecule has 0 atom stereocenters. The maximum absolute atomic E-state index is 13.1. The summed E-state index contributed by atoms with van der Waals surface area (Å²) in [5.74, 6) is -0.128. The fourth-order valence-corrected chi connectivity index (χ4v) is 5.32. The van der Waals surface area contributed by atoms with Crippen molar-refractivity contribution in [2.45, 2.75) is 6.54 Å². The first-order valence-electron chi connectivity index (χ1n) is 11.7. The minimum Gasteiger partial charge on any atom is -0.508 e. The average Bonchev–Trinajstić information content (AvgIpc) is 3.35. The van der Waals surface area contributed by atoms with Crippen LogP contribution < -0.4 is 10.1 Å². The number of amides is 2. The zero-order valence-corrected chi connectivity index (χ0v) is 19.3. The molecule has 0 bridgehead atoms. The van der Waals surface area contributed by atoms with Crippen LogP contribution >= 0.6 is 0 Å². The Hall–Kier alpha value is -3.88. The van der Waals surface area contributed by atoms with Gasteiger partial charge in [-0.2, -0.15) is 0 Å². The summed E-state index contributed by atoms with van der Waals surface area (Å²) in [4.78, 5) is 28.5. The lowest BCUT2D eigenvalue weighted by molar-refractivity contribution is 0.0366. The number of imide groups is 1. The van der Waals surface area contributed by atoms with Crippen molar-refractivity contribution in [3.05, 3.63) is 59.7 Å². The first-order chi connectivity index (χ1) is 17.1. The van der Waals surface area contributed by atoms with Gasteiger partial charge in [0.05, 0.1) is 37.0 Å². The number of aromatic hydroxyl groups is 1. The number of hydrogen-bond donors (Lipinski definition) is 2. The van der Waals surface area contributed by atoms with Gasteiger partial charge in [-0.25, -0.2) is 0 Å². The average molecular weight is 472 g/mol. The zero-order chi connectivity index (χ0) is 24.1. The van der Waals surface area contributed by atoms with Crippen LogP contribution in [-0.2, 0) is 11.3 Å². The first kappa shape index (κ1) is 21.6. The Morgan fingerprint density at radius 3 is 2.51 bits per heavy atom. The Bertz CT molecular complexity index is 1500. The van der Waals surface area contributed by atoms with Crippen molar-refractivity contribution < 1.29 is 24.2 Å². The number of rotatable bonds is 5. The lowest BCUT2D eigenvalue weighted by Gasteiger charge is -2.27. The lowest BCUT2D eigenvalue weighted by atomic mass is 9.92. The number of carbonyl (C=O) groups excluding carboxylic acids is 2. The van der Waals surface area contributed by atoms with Crippen molar-refractivity contribution in [1.29, 1.82) is 0 Å². The number of morpholine rings is 1. The van der Waals surface area contributed by atoms with E-state index in [4.69, 9.17) is 9.47 Å². The molecule has 0 unspecified atom stereocenters. The molecular weight excluding hydrogens is 446 g/mol. The van der Waals surface area contributed by atoms with Crippen molar-refractivity contribution in [3.8, 4) is 22.6 Å². The Morgan fingerprint density at radius 1 is 0.943 bits per heavy atom. The highest BCUT2D eigenvalue weighted by atomic mass is 16.5. The number of phenols is 1. The van der Waals surface area contributed by atoms with Crippen LogP contribution in [0.1, 0.15) is 20.7 Å². The summed E-state index contributed by atoms with van der Waals surface area (Å²) < 4.78 is 13.3. The number of nitrogens with one attached hydrogen (secondary N) is 1. The molecule has 3 heterocycles. The molecule has 2 N–H and O–H groups in total. The highest BCUT2D eigenvalue weighted by Gasteiger charge is 2.35. The SMILES string of the molecule is COc1ccccc1-c1cc2c(c3c1C(=O)NC3=O)c1cc(O)ccc1n2CCN1CCOCC1. The van der Waals surface area contributed by atoms with E-state index in [0.717, 1.165) is 54.8 Å². The van der Waals surface area contributed by atoms with Crippen LogP contribution in [-0.4, -0.2) is 66.3 Å². The van der Waals surface area contributed by atoms with Crippen LogP contribution in [0.25, 0.3) is 32.9 Å². The zero-order valence-electron chi connectivity index (χ0n) is 19.3. The molecular formula is C27H25N3O5. The van der Waals surface area contributed by atoms with Crippen LogP contribution in [0.15, 0.2) is 48.5 Å². The molecule has 0 saturated carbocycles. The van der Waals surface area contributed by atoms with Crippen molar-refractivity contribution >= 4 is 33.6 Å². The molecule has 0 radical (unpaired) electrons. The van der Waals surface area contributed by atoms with Crippen LogP contribution in [0, 0.1) is 0 Å². The first-order valence-corrected chi connectivity index (χ1v) is 11.7. The summed E-state index contributed by atoms with van der Waals surface area (Å²) in [6, 6.07) is 14.6. The van der Waals surface area contributed by atoms with E-state index in [2.05, 4.69) is 14.8 Å². The van der Waals surface area contributed by atoms with Gasteiger partial charge in [-0.3, -0.25) is 19.8 Å². The molecule has 1 fully saturated rings. The van der Waals surface area contributed by atoms with E-state index in [0.29, 0.717) is 34.4 Å². The number of para-hydroxylation sites is 1. The van der Waals surface area contributed by atoms with Crippen LogP contribution in [0.2, 0.25) is 0 Å². The number of carbonyl (C=O) groups is 2. The van der Waals surface area contributed by atoms with E-state index in [9.17, 15) is 14.7 Å².